The summed E-state index contributed by atoms with van der Waals surface area (Å²) in [6.45, 7) is 4.97. The number of nitrogens with zero attached hydrogens (tertiary/aromatic N) is 1. The molecule has 6 nitrogen and oxygen atoms in total. The van der Waals surface area contributed by atoms with Gasteiger partial charge in [0.25, 0.3) is 15.9 Å². The van der Waals surface area contributed by atoms with Crippen LogP contribution in [-0.2, 0) is 21.0 Å². The Balaban J connectivity index is 2.56. The first-order valence-electron chi connectivity index (χ1n) is 8.55. The SMILES string of the molecule is C=CCN(c1cccc(C(F)(F)F)c1)S(=O)(=O)c1cc(C(=O)NOCC)ccc1Cl. The standard InChI is InChI=1S/C19H18ClF3N2O4S/c1-3-10-25(15-7-5-6-14(12-15)19(21,22)23)30(27,28)17-11-13(8-9-16(17)20)18(26)24-29-4-2/h3,5-9,11-12H,1,4,10H2,2H3,(H,24,26). The van der Waals surface area contributed by atoms with E-state index in [1.165, 1.54) is 24.3 Å². The molecule has 0 aliphatic rings. The number of benzene rings is 2. The van der Waals surface area contributed by atoms with Gasteiger partial charge in [-0.05, 0) is 43.3 Å². The summed E-state index contributed by atoms with van der Waals surface area (Å²) in [6.07, 6.45) is -3.44. The number of carbonyl (C=O) groups is 1. The van der Waals surface area contributed by atoms with Crippen molar-refractivity contribution < 1.29 is 31.2 Å². The molecule has 0 fully saturated rings. The highest BCUT2D eigenvalue weighted by atomic mass is 35.5. The fourth-order valence-corrected chi connectivity index (χ4v) is 4.39. The minimum Gasteiger partial charge on any atom is -0.274 e. The number of carbonyl (C=O) groups excluding carboxylic acids is 1. The highest BCUT2D eigenvalue weighted by molar-refractivity contribution is 7.93. The molecule has 0 aromatic heterocycles. The third kappa shape index (κ3) is 5.32. The number of hydrogen-bond donors (Lipinski definition) is 1. The number of amides is 1. The van der Waals surface area contributed by atoms with Gasteiger partial charge in [0, 0.05) is 5.56 Å². The van der Waals surface area contributed by atoms with Gasteiger partial charge in [0.2, 0.25) is 0 Å². The summed E-state index contributed by atoms with van der Waals surface area (Å²) in [6, 6.07) is 7.36. The fraction of sp³-hybridized carbons (Fsp3) is 0.211. The highest BCUT2D eigenvalue weighted by Gasteiger charge is 2.33. The molecule has 0 spiro atoms. The lowest BCUT2D eigenvalue weighted by Crippen LogP contribution is -2.32. The molecular formula is C19H18ClF3N2O4S. The zero-order valence-corrected chi connectivity index (χ0v) is 17.3. The van der Waals surface area contributed by atoms with Crippen molar-refractivity contribution >= 4 is 33.2 Å². The summed E-state index contributed by atoms with van der Waals surface area (Å²) < 4.78 is 66.4. The van der Waals surface area contributed by atoms with Crippen LogP contribution in [0.1, 0.15) is 22.8 Å². The molecule has 0 saturated heterocycles. The van der Waals surface area contributed by atoms with Crippen LogP contribution in [0, 0.1) is 0 Å². The van der Waals surface area contributed by atoms with Crippen LogP contribution in [-0.4, -0.2) is 27.5 Å². The molecule has 2 rings (SSSR count). The van der Waals surface area contributed by atoms with E-state index < -0.39 is 32.6 Å². The molecular weight excluding hydrogens is 445 g/mol. The average Bonchev–Trinajstić information content (AvgIpc) is 2.69. The number of anilines is 1. The molecule has 11 heteroatoms. The summed E-state index contributed by atoms with van der Waals surface area (Å²) in [7, 11) is -4.44. The zero-order chi connectivity index (χ0) is 22.5. The molecule has 1 amide bonds. The van der Waals surface area contributed by atoms with Crippen molar-refractivity contribution in [1.29, 1.82) is 0 Å². The van der Waals surface area contributed by atoms with Gasteiger partial charge in [-0.3, -0.25) is 13.9 Å². The van der Waals surface area contributed by atoms with E-state index in [1.54, 1.807) is 6.92 Å². The molecule has 162 valence electrons. The fourth-order valence-electron chi connectivity index (χ4n) is 2.45. The Morgan fingerprint density at radius 1 is 1.27 bits per heavy atom. The van der Waals surface area contributed by atoms with Crippen LogP contribution in [0.25, 0.3) is 0 Å². The summed E-state index contributed by atoms with van der Waals surface area (Å²) in [5, 5.41) is -0.205. The lowest BCUT2D eigenvalue weighted by atomic mass is 10.2. The summed E-state index contributed by atoms with van der Waals surface area (Å²) >= 11 is 6.05. The van der Waals surface area contributed by atoms with Crippen LogP contribution in [0.15, 0.2) is 60.0 Å². The van der Waals surface area contributed by atoms with Crippen LogP contribution in [0.5, 0.6) is 0 Å². The molecule has 2 aromatic rings. The van der Waals surface area contributed by atoms with Crippen molar-refractivity contribution in [2.24, 2.45) is 0 Å². The van der Waals surface area contributed by atoms with Crippen molar-refractivity contribution in [3.63, 3.8) is 0 Å². The number of sulfonamides is 1. The van der Waals surface area contributed by atoms with E-state index in [2.05, 4.69) is 12.1 Å². The van der Waals surface area contributed by atoms with Crippen molar-refractivity contribution in [2.45, 2.75) is 18.0 Å². The molecule has 0 aliphatic carbocycles. The van der Waals surface area contributed by atoms with Gasteiger partial charge in [0.05, 0.1) is 29.4 Å². The smallest absolute Gasteiger partial charge is 0.274 e. The summed E-state index contributed by atoms with van der Waals surface area (Å²) in [4.78, 5) is 16.4. The summed E-state index contributed by atoms with van der Waals surface area (Å²) in [5.41, 5.74) is 0.819. The van der Waals surface area contributed by atoms with Crippen LogP contribution < -0.4 is 9.79 Å². The minimum absolute atomic E-state index is 0.0611. The Hall–Kier alpha value is -2.56. The number of rotatable bonds is 8. The molecule has 0 aliphatic heterocycles. The number of hydroxylamine groups is 1. The average molecular weight is 463 g/mol. The monoisotopic (exact) mass is 462 g/mol. The van der Waals surface area contributed by atoms with Gasteiger partial charge in [-0.2, -0.15) is 13.2 Å². The van der Waals surface area contributed by atoms with Crippen LogP contribution >= 0.6 is 11.6 Å². The minimum atomic E-state index is -4.66. The van der Waals surface area contributed by atoms with E-state index in [4.69, 9.17) is 16.4 Å². The second-order valence-corrected chi connectivity index (χ2v) is 8.12. The van der Waals surface area contributed by atoms with Gasteiger partial charge in [-0.25, -0.2) is 13.9 Å². The van der Waals surface area contributed by atoms with Gasteiger partial charge < -0.3 is 0 Å². The maximum Gasteiger partial charge on any atom is 0.416 e. The summed E-state index contributed by atoms with van der Waals surface area (Å²) in [5.74, 6) is -0.709. The van der Waals surface area contributed by atoms with Crippen molar-refractivity contribution in [2.75, 3.05) is 17.5 Å². The molecule has 0 unspecified atom stereocenters. The van der Waals surface area contributed by atoms with Gasteiger partial charge in [-0.1, -0.05) is 23.7 Å². The van der Waals surface area contributed by atoms with Gasteiger partial charge >= 0.3 is 6.18 Å². The van der Waals surface area contributed by atoms with Crippen LogP contribution in [0.4, 0.5) is 18.9 Å². The van der Waals surface area contributed by atoms with E-state index in [0.717, 1.165) is 22.5 Å². The Bertz CT molecular complexity index is 1040. The maximum absolute atomic E-state index is 13.2. The molecule has 0 bridgehead atoms. The molecule has 30 heavy (non-hydrogen) atoms. The lowest BCUT2D eigenvalue weighted by Gasteiger charge is -2.24. The Morgan fingerprint density at radius 3 is 2.57 bits per heavy atom. The number of alkyl halides is 3. The lowest BCUT2D eigenvalue weighted by molar-refractivity contribution is -0.137. The second kappa shape index (κ2) is 9.50. The van der Waals surface area contributed by atoms with Crippen molar-refractivity contribution in [3.05, 3.63) is 71.3 Å². The molecule has 0 heterocycles. The van der Waals surface area contributed by atoms with Crippen LogP contribution in [0.2, 0.25) is 5.02 Å². The van der Waals surface area contributed by atoms with E-state index in [0.29, 0.717) is 6.07 Å². The first kappa shape index (κ1) is 23.7. The first-order valence-corrected chi connectivity index (χ1v) is 10.4. The van der Waals surface area contributed by atoms with E-state index >= 15 is 0 Å². The van der Waals surface area contributed by atoms with Crippen molar-refractivity contribution in [1.82, 2.24) is 5.48 Å². The van der Waals surface area contributed by atoms with E-state index in [9.17, 15) is 26.4 Å². The van der Waals surface area contributed by atoms with E-state index in [1.807, 2.05) is 0 Å². The third-order valence-electron chi connectivity index (χ3n) is 3.83. The van der Waals surface area contributed by atoms with Gasteiger partial charge in [0.15, 0.2) is 0 Å². The number of hydrogen-bond acceptors (Lipinski definition) is 4. The predicted octanol–water partition coefficient (Wildman–Crippen LogP) is 4.42. The Kier molecular flexibility index (Phi) is 7.51. The maximum atomic E-state index is 13.2. The molecule has 0 atom stereocenters. The highest BCUT2D eigenvalue weighted by Crippen LogP contribution is 2.34. The molecule has 0 saturated carbocycles. The Labute approximate surface area is 176 Å². The van der Waals surface area contributed by atoms with Gasteiger partial charge in [0.1, 0.15) is 4.90 Å². The topological polar surface area (TPSA) is 75.7 Å². The number of halogens is 4. The molecule has 2 aromatic carbocycles. The molecule has 0 radical (unpaired) electrons. The zero-order valence-electron chi connectivity index (χ0n) is 15.7. The predicted molar refractivity (Wildman–Crippen MR) is 107 cm³/mol. The van der Waals surface area contributed by atoms with Crippen molar-refractivity contribution in [3.8, 4) is 0 Å². The second-order valence-electron chi connectivity index (χ2n) is 5.88. The largest absolute Gasteiger partial charge is 0.416 e. The molecule has 1 N–H and O–H groups in total. The Morgan fingerprint density at radius 2 is 1.97 bits per heavy atom. The first-order chi connectivity index (χ1) is 14.0. The quantitative estimate of drug-likeness (QED) is 0.465. The van der Waals surface area contributed by atoms with E-state index in [-0.39, 0.29) is 29.4 Å². The third-order valence-corrected chi connectivity index (χ3v) is 6.10. The number of nitrogens with one attached hydrogen (secondary N) is 1. The van der Waals surface area contributed by atoms with Gasteiger partial charge in [-0.15, -0.1) is 6.58 Å². The van der Waals surface area contributed by atoms with Crippen LogP contribution in [0.3, 0.4) is 0 Å². The normalized spacial score (nSPS) is 11.8.